The smallest absolute Gasteiger partial charge is 0.326 e. The number of hydrogen-bond acceptors (Lipinski definition) is 4. The van der Waals surface area contributed by atoms with Crippen LogP contribution in [0.3, 0.4) is 0 Å². The number of carbonyl (C=O) groups is 1. The van der Waals surface area contributed by atoms with Gasteiger partial charge in [0.05, 0.1) is 4.90 Å². The highest BCUT2D eigenvalue weighted by Crippen LogP contribution is 2.26. The van der Waals surface area contributed by atoms with Crippen molar-refractivity contribution in [1.29, 1.82) is 0 Å². The van der Waals surface area contributed by atoms with E-state index in [1.165, 1.54) is 19.2 Å². The SMILES string of the molecule is CNS(=O)(=O)c1ccc(N2CCCCC2C(=O)O)cc1. The molecule has 6 nitrogen and oxygen atoms in total. The third-order valence-electron chi connectivity index (χ3n) is 3.54. The molecule has 0 aliphatic carbocycles. The number of piperidine rings is 1. The fourth-order valence-electron chi connectivity index (χ4n) is 2.43. The molecular weight excluding hydrogens is 280 g/mol. The second-order valence-corrected chi connectivity index (χ2v) is 6.63. The third-order valence-corrected chi connectivity index (χ3v) is 4.97. The molecule has 1 saturated heterocycles. The summed E-state index contributed by atoms with van der Waals surface area (Å²) in [4.78, 5) is 13.3. The minimum Gasteiger partial charge on any atom is -0.480 e. The van der Waals surface area contributed by atoms with Crippen molar-refractivity contribution in [2.75, 3.05) is 18.5 Å². The van der Waals surface area contributed by atoms with Gasteiger partial charge in [-0.15, -0.1) is 0 Å². The fraction of sp³-hybridized carbons (Fsp3) is 0.462. The van der Waals surface area contributed by atoms with Crippen molar-refractivity contribution in [3.8, 4) is 0 Å². The van der Waals surface area contributed by atoms with Crippen molar-refractivity contribution in [1.82, 2.24) is 4.72 Å². The minimum absolute atomic E-state index is 0.174. The van der Waals surface area contributed by atoms with Crippen LogP contribution in [0.25, 0.3) is 0 Å². The van der Waals surface area contributed by atoms with E-state index in [1.54, 1.807) is 12.1 Å². The molecule has 0 aromatic heterocycles. The minimum atomic E-state index is -3.46. The van der Waals surface area contributed by atoms with E-state index in [1.807, 2.05) is 4.90 Å². The predicted molar refractivity (Wildman–Crippen MR) is 75.3 cm³/mol. The maximum Gasteiger partial charge on any atom is 0.326 e. The zero-order valence-corrected chi connectivity index (χ0v) is 12.1. The van der Waals surface area contributed by atoms with Gasteiger partial charge < -0.3 is 10.0 Å². The Hall–Kier alpha value is -1.60. The second-order valence-electron chi connectivity index (χ2n) is 4.74. The Morgan fingerprint density at radius 2 is 1.95 bits per heavy atom. The number of anilines is 1. The molecule has 1 atom stereocenters. The molecule has 110 valence electrons. The molecule has 1 aliphatic heterocycles. The lowest BCUT2D eigenvalue weighted by atomic mass is 10.0. The molecule has 2 N–H and O–H groups in total. The number of benzene rings is 1. The topological polar surface area (TPSA) is 86.7 Å². The zero-order valence-electron chi connectivity index (χ0n) is 11.2. The molecule has 0 bridgehead atoms. The van der Waals surface area contributed by atoms with Gasteiger partial charge >= 0.3 is 5.97 Å². The normalized spacial score (nSPS) is 19.9. The lowest BCUT2D eigenvalue weighted by molar-refractivity contribution is -0.139. The standard InChI is InChI=1S/C13H18N2O4S/c1-14-20(18,19)11-7-5-10(6-8-11)15-9-3-2-4-12(15)13(16)17/h5-8,12,14H,2-4,9H2,1H3,(H,16,17). The Bertz CT molecular complexity index is 583. The fourth-order valence-corrected chi connectivity index (χ4v) is 3.16. The number of aliphatic carboxylic acids is 1. The summed E-state index contributed by atoms with van der Waals surface area (Å²) in [6.45, 7) is 0.676. The van der Waals surface area contributed by atoms with Crippen molar-refractivity contribution in [2.45, 2.75) is 30.2 Å². The molecule has 1 aliphatic rings. The average Bonchev–Trinajstić information content (AvgIpc) is 2.47. The Balaban J connectivity index is 2.27. The first-order chi connectivity index (χ1) is 9.45. The Morgan fingerprint density at radius 3 is 2.50 bits per heavy atom. The zero-order chi connectivity index (χ0) is 14.8. The van der Waals surface area contributed by atoms with Gasteiger partial charge in [-0.2, -0.15) is 0 Å². The van der Waals surface area contributed by atoms with Gasteiger partial charge in [0.1, 0.15) is 6.04 Å². The summed E-state index contributed by atoms with van der Waals surface area (Å²) >= 11 is 0. The summed E-state index contributed by atoms with van der Waals surface area (Å²) in [6.07, 6.45) is 2.46. The second kappa shape index (κ2) is 5.80. The number of carboxylic acid groups (broad SMARTS) is 1. The van der Waals surface area contributed by atoms with Gasteiger partial charge in [0.2, 0.25) is 10.0 Å². The summed E-state index contributed by atoms with van der Waals surface area (Å²) < 4.78 is 25.5. The number of hydrogen-bond donors (Lipinski definition) is 2. The molecule has 20 heavy (non-hydrogen) atoms. The van der Waals surface area contributed by atoms with E-state index < -0.39 is 22.0 Å². The number of nitrogens with one attached hydrogen (secondary N) is 1. The largest absolute Gasteiger partial charge is 0.480 e. The van der Waals surface area contributed by atoms with Crippen molar-refractivity contribution in [3.63, 3.8) is 0 Å². The first kappa shape index (κ1) is 14.8. The Morgan fingerprint density at radius 1 is 1.30 bits per heavy atom. The lowest BCUT2D eigenvalue weighted by Crippen LogP contribution is -2.44. The van der Waals surface area contributed by atoms with Crippen molar-refractivity contribution in [2.24, 2.45) is 0 Å². The van der Waals surface area contributed by atoms with Gasteiger partial charge in [-0.1, -0.05) is 0 Å². The number of rotatable bonds is 4. The monoisotopic (exact) mass is 298 g/mol. The molecule has 2 rings (SSSR count). The van der Waals surface area contributed by atoms with Gasteiger partial charge in [0, 0.05) is 12.2 Å². The summed E-state index contributed by atoms with van der Waals surface area (Å²) in [7, 11) is -2.10. The Kier molecular flexibility index (Phi) is 4.29. The van der Waals surface area contributed by atoms with Gasteiger partial charge in [0.15, 0.2) is 0 Å². The summed E-state index contributed by atoms with van der Waals surface area (Å²) in [5.41, 5.74) is 0.743. The molecule has 7 heteroatoms. The van der Waals surface area contributed by atoms with Crippen molar-refractivity contribution >= 4 is 21.7 Å². The van der Waals surface area contributed by atoms with E-state index in [-0.39, 0.29) is 4.90 Å². The molecule has 0 amide bonds. The van der Waals surface area contributed by atoms with Gasteiger partial charge in [-0.3, -0.25) is 0 Å². The molecule has 1 fully saturated rings. The molecule has 0 saturated carbocycles. The van der Waals surface area contributed by atoms with Crippen LogP contribution in [0.15, 0.2) is 29.2 Å². The Labute approximate surface area is 118 Å². The molecule has 0 radical (unpaired) electrons. The summed E-state index contributed by atoms with van der Waals surface area (Å²) in [5.74, 6) is -0.836. The lowest BCUT2D eigenvalue weighted by Gasteiger charge is -2.34. The van der Waals surface area contributed by atoms with Crippen molar-refractivity contribution in [3.05, 3.63) is 24.3 Å². The highest BCUT2D eigenvalue weighted by Gasteiger charge is 2.28. The van der Waals surface area contributed by atoms with Crippen LogP contribution in [0.4, 0.5) is 5.69 Å². The quantitative estimate of drug-likeness (QED) is 0.867. The molecule has 1 unspecified atom stereocenters. The van der Waals surface area contributed by atoms with E-state index in [4.69, 9.17) is 0 Å². The molecular formula is C13H18N2O4S. The van der Waals surface area contributed by atoms with E-state index in [0.29, 0.717) is 13.0 Å². The van der Waals surface area contributed by atoms with E-state index in [2.05, 4.69) is 4.72 Å². The van der Waals surface area contributed by atoms with E-state index in [9.17, 15) is 18.3 Å². The summed E-state index contributed by atoms with van der Waals surface area (Å²) in [5, 5.41) is 9.24. The molecule has 0 spiro atoms. The number of nitrogens with zero attached hydrogens (tertiary/aromatic N) is 1. The third kappa shape index (κ3) is 2.94. The molecule has 1 heterocycles. The first-order valence-corrected chi connectivity index (χ1v) is 7.97. The van der Waals surface area contributed by atoms with Crippen LogP contribution in [-0.2, 0) is 14.8 Å². The van der Waals surface area contributed by atoms with Gasteiger partial charge in [-0.25, -0.2) is 17.9 Å². The first-order valence-electron chi connectivity index (χ1n) is 6.49. The predicted octanol–water partition coefficient (Wildman–Crippen LogP) is 1.04. The molecule has 1 aromatic rings. The van der Waals surface area contributed by atoms with E-state index in [0.717, 1.165) is 18.5 Å². The highest BCUT2D eigenvalue weighted by molar-refractivity contribution is 7.89. The van der Waals surface area contributed by atoms with Crippen LogP contribution in [0.5, 0.6) is 0 Å². The van der Waals surface area contributed by atoms with E-state index >= 15 is 0 Å². The number of carboxylic acids is 1. The van der Waals surface area contributed by atoms with Crippen LogP contribution < -0.4 is 9.62 Å². The van der Waals surface area contributed by atoms with Crippen LogP contribution in [0.1, 0.15) is 19.3 Å². The summed E-state index contributed by atoms with van der Waals surface area (Å²) in [6, 6.07) is 5.77. The van der Waals surface area contributed by atoms with Gasteiger partial charge in [-0.05, 0) is 50.6 Å². The van der Waals surface area contributed by atoms with Crippen LogP contribution in [0.2, 0.25) is 0 Å². The average molecular weight is 298 g/mol. The van der Waals surface area contributed by atoms with Crippen LogP contribution in [0, 0.1) is 0 Å². The van der Waals surface area contributed by atoms with Crippen LogP contribution >= 0.6 is 0 Å². The van der Waals surface area contributed by atoms with Crippen molar-refractivity contribution < 1.29 is 18.3 Å². The molecule has 1 aromatic carbocycles. The van der Waals surface area contributed by atoms with Gasteiger partial charge in [0.25, 0.3) is 0 Å². The number of sulfonamides is 1. The highest BCUT2D eigenvalue weighted by atomic mass is 32.2. The maximum atomic E-state index is 11.6. The van der Waals surface area contributed by atoms with Crippen LogP contribution in [-0.4, -0.2) is 39.1 Å². The maximum absolute atomic E-state index is 11.6.